The molecule has 1 saturated carbocycles. The van der Waals surface area contributed by atoms with E-state index in [1.807, 2.05) is 18.2 Å². The Morgan fingerprint density at radius 2 is 1.96 bits per heavy atom. The lowest BCUT2D eigenvalue weighted by molar-refractivity contribution is -0.124. The van der Waals surface area contributed by atoms with Crippen molar-refractivity contribution >= 4 is 18.3 Å². The molecule has 2 fully saturated rings. The lowest BCUT2D eigenvalue weighted by Gasteiger charge is -2.33. The molecule has 1 unspecified atom stereocenters. The number of carbonyl (C=O) groups excluding carboxylic acids is 1. The lowest BCUT2D eigenvalue weighted by atomic mass is 9.78. The van der Waals surface area contributed by atoms with Crippen LogP contribution in [0.5, 0.6) is 5.75 Å². The van der Waals surface area contributed by atoms with Crippen molar-refractivity contribution in [3.8, 4) is 5.75 Å². The summed E-state index contributed by atoms with van der Waals surface area (Å²) in [6.45, 7) is 2.04. The molecule has 1 amide bonds. The molecule has 3 rings (SSSR count). The molecule has 146 valence electrons. The van der Waals surface area contributed by atoms with Gasteiger partial charge in [0.15, 0.2) is 0 Å². The Bertz CT molecular complexity index is 584. The summed E-state index contributed by atoms with van der Waals surface area (Å²) in [4.78, 5) is 12.6. The molecular formula is C20H31ClN2O3. The Balaban J connectivity index is 0.00000243. The molecule has 0 radical (unpaired) electrons. The van der Waals surface area contributed by atoms with Crippen LogP contribution in [-0.4, -0.2) is 38.8 Å². The van der Waals surface area contributed by atoms with Crippen LogP contribution in [0.25, 0.3) is 0 Å². The third-order valence-electron chi connectivity index (χ3n) is 5.92. The topological polar surface area (TPSA) is 73.6 Å². The Morgan fingerprint density at radius 3 is 2.62 bits per heavy atom. The van der Waals surface area contributed by atoms with Crippen molar-refractivity contribution in [2.75, 3.05) is 26.9 Å². The van der Waals surface area contributed by atoms with Gasteiger partial charge in [-0.25, -0.2) is 0 Å². The minimum Gasteiger partial charge on any atom is -0.496 e. The molecule has 1 aliphatic carbocycles. The third kappa shape index (κ3) is 4.51. The van der Waals surface area contributed by atoms with Crippen molar-refractivity contribution in [3.63, 3.8) is 0 Å². The predicted octanol–water partition coefficient (Wildman–Crippen LogP) is 2.80. The highest BCUT2D eigenvalue weighted by Gasteiger charge is 2.38. The van der Waals surface area contributed by atoms with E-state index in [2.05, 4.69) is 11.4 Å². The molecule has 0 aromatic heterocycles. The number of nitrogens with two attached hydrogens (primary N) is 1. The highest BCUT2D eigenvalue weighted by Crippen LogP contribution is 2.44. The summed E-state index contributed by atoms with van der Waals surface area (Å²) >= 11 is 0. The number of nitrogens with one attached hydrogen (secondary N) is 1. The maximum absolute atomic E-state index is 12.6. The van der Waals surface area contributed by atoms with Crippen LogP contribution in [0, 0.1) is 5.92 Å². The van der Waals surface area contributed by atoms with E-state index in [-0.39, 0.29) is 29.6 Å². The summed E-state index contributed by atoms with van der Waals surface area (Å²) in [6.07, 6.45) is 6.23. The van der Waals surface area contributed by atoms with Gasteiger partial charge in [-0.15, -0.1) is 12.4 Å². The van der Waals surface area contributed by atoms with Gasteiger partial charge in [0.25, 0.3) is 0 Å². The van der Waals surface area contributed by atoms with E-state index < -0.39 is 6.04 Å². The van der Waals surface area contributed by atoms with Gasteiger partial charge in [0.05, 0.1) is 13.2 Å². The summed E-state index contributed by atoms with van der Waals surface area (Å²) in [5, 5.41) is 3.15. The zero-order valence-electron chi connectivity index (χ0n) is 15.5. The second-order valence-electron chi connectivity index (χ2n) is 7.38. The Kier molecular flexibility index (Phi) is 7.74. The van der Waals surface area contributed by atoms with Crippen molar-refractivity contribution in [1.29, 1.82) is 0 Å². The highest BCUT2D eigenvalue weighted by atomic mass is 35.5. The fraction of sp³-hybridized carbons (Fsp3) is 0.650. The van der Waals surface area contributed by atoms with Crippen LogP contribution in [0.15, 0.2) is 24.3 Å². The van der Waals surface area contributed by atoms with Gasteiger partial charge >= 0.3 is 0 Å². The van der Waals surface area contributed by atoms with Gasteiger partial charge < -0.3 is 20.5 Å². The number of carbonyl (C=O) groups is 1. The summed E-state index contributed by atoms with van der Waals surface area (Å²) in [5.74, 6) is 1.10. The van der Waals surface area contributed by atoms with Gasteiger partial charge in [-0.2, -0.15) is 0 Å². The zero-order chi connectivity index (χ0) is 17.7. The first-order chi connectivity index (χ1) is 12.2. The van der Waals surface area contributed by atoms with Crippen molar-refractivity contribution in [3.05, 3.63) is 29.8 Å². The number of hydrogen-bond donors (Lipinski definition) is 2. The van der Waals surface area contributed by atoms with Gasteiger partial charge in [0.1, 0.15) is 5.75 Å². The van der Waals surface area contributed by atoms with Gasteiger partial charge in [-0.3, -0.25) is 4.79 Å². The average Bonchev–Trinajstić information content (AvgIpc) is 3.16. The molecule has 1 saturated heterocycles. The number of halogens is 1. The minimum atomic E-state index is -0.444. The van der Waals surface area contributed by atoms with E-state index in [1.54, 1.807) is 7.11 Å². The number of rotatable bonds is 6. The smallest absolute Gasteiger partial charge is 0.237 e. The third-order valence-corrected chi connectivity index (χ3v) is 5.92. The molecule has 1 heterocycles. The van der Waals surface area contributed by atoms with E-state index in [0.717, 1.165) is 31.4 Å². The quantitative estimate of drug-likeness (QED) is 0.793. The summed E-state index contributed by atoms with van der Waals surface area (Å²) in [7, 11) is 1.71. The highest BCUT2D eigenvalue weighted by molar-refractivity contribution is 5.85. The molecule has 0 spiro atoms. The molecule has 2 aliphatic rings. The van der Waals surface area contributed by atoms with Crippen LogP contribution in [0.1, 0.15) is 44.1 Å². The summed E-state index contributed by atoms with van der Waals surface area (Å²) in [6, 6.07) is 7.73. The first kappa shape index (κ1) is 21.0. The molecule has 1 aromatic carbocycles. The number of hydrogen-bond acceptors (Lipinski definition) is 4. The van der Waals surface area contributed by atoms with Gasteiger partial charge in [0.2, 0.25) is 5.91 Å². The first-order valence-electron chi connectivity index (χ1n) is 9.41. The summed E-state index contributed by atoms with van der Waals surface area (Å²) in [5.41, 5.74) is 7.38. The Hall–Kier alpha value is -1.30. The van der Waals surface area contributed by atoms with E-state index in [0.29, 0.717) is 19.8 Å². The minimum absolute atomic E-state index is 0. The monoisotopic (exact) mass is 382 g/mol. The summed E-state index contributed by atoms with van der Waals surface area (Å²) < 4.78 is 11.0. The van der Waals surface area contributed by atoms with E-state index in [1.165, 1.54) is 18.4 Å². The molecule has 1 aliphatic heterocycles. The normalized spacial score (nSPS) is 20.8. The average molecular weight is 383 g/mol. The predicted molar refractivity (Wildman–Crippen MR) is 105 cm³/mol. The first-order valence-corrected chi connectivity index (χ1v) is 9.41. The maximum atomic E-state index is 12.6. The molecular weight excluding hydrogens is 352 g/mol. The molecule has 3 N–H and O–H groups in total. The van der Waals surface area contributed by atoms with Crippen LogP contribution in [0.3, 0.4) is 0 Å². The SMILES string of the molecule is COc1ccccc1C1(CNC(=O)C(N)C2CCOCC2)CCCC1.Cl. The van der Waals surface area contributed by atoms with Crippen LogP contribution in [-0.2, 0) is 14.9 Å². The van der Waals surface area contributed by atoms with Crippen LogP contribution >= 0.6 is 12.4 Å². The number of benzene rings is 1. The van der Waals surface area contributed by atoms with Crippen LogP contribution in [0.2, 0.25) is 0 Å². The number of para-hydroxylation sites is 1. The number of amides is 1. The van der Waals surface area contributed by atoms with E-state index in [4.69, 9.17) is 15.2 Å². The van der Waals surface area contributed by atoms with Crippen molar-refractivity contribution in [2.24, 2.45) is 11.7 Å². The molecule has 5 nitrogen and oxygen atoms in total. The standard InChI is InChI=1S/C20H30N2O3.ClH/c1-24-17-7-3-2-6-16(17)20(10-4-5-11-20)14-22-19(23)18(21)15-8-12-25-13-9-15;/h2-3,6-7,15,18H,4-5,8-14,21H2,1H3,(H,22,23);1H. The fourth-order valence-electron chi connectivity index (χ4n) is 4.34. The van der Waals surface area contributed by atoms with Crippen molar-refractivity contribution < 1.29 is 14.3 Å². The maximum Gasteiger partial charge on any atom is 0.237 e. The molecule has 6 heteroatoms. The Morgan fingerprint density at radius 1 is 1.31 bits per heavy atom. The van der Waals surface area contributed by atoms with Crippen LogP contribution in [0.4, 0.5) is 0 Å². The second-order valence-corrected chi connectivity index (χ2v) is 7.38. The van der Waals surface area contributed by atoms with Crippen molar-refractivity contribution in [2.45, 2.75) is 50.0 Å². The molecule has 1 atom stereocenters. The Labute approximate surface area is 162 Å². The molecule has 0 bridgehead atoms. The van der Waals surface area contributed by atoms with Gasteiger partial charge in [0, 0.05) is 30.7 Å². The lowest BCUT2D eigenvalue weighted by Crippen LogP contribution is -2.50. The van der Waals surface area contributed by atoms with Crippen molar-refractivity contribution in [1.82, 2.24) is 5.32 Å². The van der Waals surface area contributed by atoms with E-state index in [9.17, 15) is 4.79 Å². The number of ether oxygens (including phenoxy) is 2. The van der Waals surface area contributed by atoms with E-state index >= 15 is 0 Å². The fourth-order valence-corrected chi connectivity index (χ4v) is 4.34. The molecule has 26 heavy (non-hydrogen) atoms. The van der Waals surface area contributed by atoms with Gasteiger partial charge in [-0.1, -0.05) is 31.0 Å². The second kappa shape index (κ2) is 9.58. The zero-order valence-corrected chi connectivity index (χ0v) is 16.4. The number of methoxy groups -OCH3 is 1. The molecule has 1 aromatic rings. The van der Waals surface area contributed by atoms with Crippen LogP contribution < -0.4 is 15.8 Å². The van der Waals surface area contributed by atoms with Gasteiger partial charge in [-0.05, 0) is 37.7 Å². The largest absolute Gasteiger partial charge is 0.496 e.